The predicted octanol–water partition coefficient (Wildman–Crippen LogP) is 2.54. The molecule has 0 atom stereocenters. The van der Waals surface area contributed by atoms with Crippen molar-refractivity contribution in [1.82, 2.24) is 25.2 Å². The van der Waals surface area contributed by atoms with Gasteiger partial charge in [0.1, 0.15) is 0 Å². The van der Waals surface area contributed by atoms with Crippen LogP contribution < -0.4 is 5.32 Å². The normalized spacial score (nSPS) is 13.4. The van der Waals surface area contributed by atoms with Gasteiger partial charge in [-0.2, -0.15) is 0 Å². The van der Waals surface area contributed by atoms with Crippen molar-refractivity contribution in [2.75, 3.05) is 6.54 Å². The average molecular weight is 434 g/mol. The third-order valence-electron chi connectivity index (χ3n) is 5.38. The van der Waals surface area contributed by atoms with Crippen molar-refractivity contribution < 1.29 is 14.5 Å². The molecule has 3 aromatic rings. The highest BCUT2D eigenvalue weighted by atomic mass is 16.6. The molecule has 0 unspecified atom stereocenters. The summed E-state index contributed by atoms with van der Waals surface area (Å²) in [5.41, 5.74) is 2.93. The second-order valence-electron chi connectivity index (χ2n) is 7.63. The number of hydrogen-bond donors (Lipinski definition) is 1. The highest BCUT2D eigenvalue weighted by molar-refractivity contribution is 5.93. The van der Waals surface area contributed by atoms with Gasteiger partial charge in [-0.05, 0) is 30.5 Å². The van der Waals surface area contributed by atoms with E-state index in [4.69, 9.17) is 0 Å². The molecule has 0 saturated carbocycles. The summed E-state index contributed by atoms with van der Waals surface area (Å²) in [4.78, 5) is 36.9. The zero-order chi connectivity index (χ0) is 22.7. The van der Waals surface area contributed by atoms with E-state index in [1.807, 2.05) is 29.2 Å². The third-order valence-corrected chi connectivity index (χ3v) is 5.38. The van der Waals surface area contributed by atoms with Crippen LogP contribution in [0.25, 0.3) is 5.69 Å². The Morgan fingerprint density at radius 1 is 1.19 bits per heavy atom. The molecule has 1 aliphatic rings. The minimum atomic E-state index is -0.489. The predicted molar refractivity (Wildman–Crippen MR) is 115 cm³/mol. The van der Waals surface area contributed by atoms with Crippen LogP contribution >= 0.6 is 0 Å². The minimum Gasteiger partial charge on any atom is -0.347 e. The first-order valence-electron chi connectivity index (χ1n) is 10.2. The molecule has 164 valence electrons. The standard InChI is InChI=1S/C22H22N6O4/c1-15-21(24-25-27(15)18-7-3-8-19(12-18)28(31)32)22(30)23-13-16-5-2-6-17(11-16)14-26-10-4-9-20(26)29/h2-3,5-8,11-12H,4,9-10,13-14H2,1H3,(H,23,30). The molecule has 1 aromatic heterocycles. The van der Waals surface area contributed by atoms with Crippen LogP contribution in [-0.2, 0) is 17.9 Å². The Morgan fingerprint density at radius 3 is 2.72 bits per heavy atom. The second-order valence-corrected chi connectivity index (χ2v) is 7.63. The second kappa shape index (κ2) is 8.96. The first kappa shape index (κ1) is 21.2. The molecule has 10 nitrogen and oxygen atoms in total. The lowest BCUT2D eigenvalue weighted by atomic mass is 10.1. The summed E-state index contributed by atoms with van der Waals surface area (Å²) >= 11 is 0. The van der Waals surface area contributed by atoms with Gasteiger partial charge in [-0.15, -0.1) is 5.10 Å². The third kappa shape index (κ3) is 4.48. The van der Waals surface area contributed by atoms with Gasteiger partial charge in [0.25, 0.3) is 11.6 Å². The van der Waals surface area contributed by atoms with Crippen molar-refractivity contribution in [1.29, 1.82) is 0 Å². The fourth-order valence-corrected chi connectivity index (χ4v) is 3.72. The molecule has 32 heavy (non-hydrogen) atoms. The number of non-ortho nitro benzene ring substituents is 1. The van der Waals surface area contributed by atoms with Crippen molar-refractivity contribution in [2.45, 2.75) is 32.9 Å². The number of carbonyl (C=O) groups is 2. The molecule has 0 radical (unpaired) electrons. The van der Waals surface area contributed by atoms with Gasteiger partial charge < -0.3 is 10.2 Å². The number of rotatable bonds is 7. The maximum absolute atomic E-state index is 12.7. The number of benzene rings is 2. The SMILES string of the molecule is Cc1c(C(=O)NCc2cccc(CN3CCCC3=O)c2)nnn1-c1cccc([N+](=O)[O-])c1. The smallest absolute Gasteiger partial charge is 0.274 e. The molecule has 1 saturated heterocycles. The summed E-state index contributed by atoms with van der Waals surface area (Å²) in [5, 5.41) is 21.8. The number of nitro benzene ring substituents is 1. The fraction of sp³-hybridized carbons (Fsp3) is 0.273. The van der Waals surface area contributed by atoms with E-state index in [2.05, 4.69) is 15.6 Å². The molecule has 1 N–H and O–H groups in total. The van der Waals surface area contributed by atoms with E-state index in [1.54, 1.807) is 19.1 Å². The zero-order valence-corrected chi connectivity index (χ0v) is 17.5. The molecule has 0 aliphatic carbocycles. The lowest BCUT2D eigenvalue weighted by Gasteiger charge is -2.16. The molecular weight excluding hydrogens is 412 g/mol. The maximum atomic E-state index is 12.7. The van der Waals surface area contributed by atoms with E-state index in [9.17, 15) is 19.7 Å². The van der Waals surface area contributed by atoms with Gasteiger partial charge in [0.2, 0.25) is 5.91 Å². The molecular formula is C22H22N6O4. The van der Waals surface area contributed by atoms with Crippen molar-refractivity contribution in [2.24, 2.45) is 0 Å². The lowest BCUT2D eigenvalue weighted by Crippen LogP contribution is -2.25. The zero-order valence-electron chi connectivity index (χ0n) is 17.5. The molecule has 1 aliphatic heterocycles. The maximum Gasteiger partial charge on any atom is 0.274 e. The van der Waals surface area contributed by atoms with Crippen LogP contribution in [0.4, 0.5) is 5.69 Å². The Kier molecular flexibility index (Phi) is 5.93. The van der Waals surface area contributed by atoms with E-state index in [1.165, 1.54) is 16.8 Å². The van der Waals surface area contributed by atoms with Crippen LogP contribution in [0.5, 0.6) is 0 Å². The molecule has 0 bridgehead atoms. The molecule has 0 spiro atoms. The summed E-state index contributed by atoms with van der Waals surface area (Å²) in [6.07, 6.45) is 1.50. The summed E-state index contributed by atoms with van der Waals surface area (Å²) in [7, 11) is 0. The van der Waals surface area contributed by atoms with Crippen LogP contribution in [0.3, 0.4) is 0 Å². The fourth-order valence-electron chi connectivity index (χ4n) is 3.72. The number of nitrogens with zero attached hydrogens (tertiary/aromatic N) is 5. The summed E-state index contributed by atoms with van der Waals surface area (Å²) in [5.74, 6) is -0.217. The number of hydrogen-bond acceptors (Lipinski definition) is 6. The van der Waals surface area contributed by atoms with Gasteiger partial charge in [0.05, 0.1) is 16.3 Å². The van der Waals surface area contributed by atoms with Gasteiger partial charge in [0.15, 0.2) is 5.69 Å². The quantitative estimate of drug-likeness (QED) is 0.450. The number of nitro groups is 1. The Bertz CT molecular complexity index is 1190. The van der Waals surface area contributed by atoms with Crippen LogP contribution in [0.15, 0.2) is 48.5 Å². The number of likely N-dealkylation sites (tertiary alicyclic amines) is 1. The first-order valence-corrected chi connectivity index (χ1v) is 10.2. The van der Waals surface area contributed by atoms with Crippen LogP contribution in [0.2, 0.25) is 0 Å². The lowest BCUT2D eigenvalue weighted by molar-refractivity contribution is -0.384. The van der Waals surface area contributed by atoms with E-state index >= 15 is 0 Å². The Labute approximate surface area is 184 Å². The van der Waals surface area contributed by atoms with E-state index in [0.29, 0.717) is 30.9 Å². The van der Waals surface area contributed by atoms with Gasteiger partial charge in [-0.1, -0.05) is 35.5 Å². The van der Waals surface area contributed by atoms with E-state index in [0.717, 1.165) is 24.1 Å². The monoisotopic (exact) mass is 434 g/mol. The van der Waals surface area contributed by atoms with E-state index in [-0.39, 0.29) is 23.2 Å². The average Bonchev–Trinajstić information content (AvgIpc) is 3.37. The van der Waals surface area contributed by atoms with Crippen molar-refractivity contribution in [3.05, 3.63) is 81.2 Å². The largest absolute Gasteiger partial charge is 0.347 e. The molecule has 1 fully saturated rings. The number of nitrogens with one attached hydrogen (secondary N) is 1. The van der Waals surface area contributed by atoms with Crippen LogP contribution in [-0.4, -0.2) is 43.2 Å². The first-order chi connectivity index (χ1) is 15.4. The van der Waals surface area contributed by atoms with E-state index < -0.39 is 4.92 Å². The summed E-state index contributed by atoms with van der Waals surface area (Å²) in [6.45, 7) is 3.32. The molecule has 2 amide bonds. The molecule has 2 aromatic carbocycles. The van der Waals surface area contributed by atoms with Gasteiger partial charge in [-0.3, -0.25) is 19.7 Å². The number of aromatic nitrogens is 3. The van der Waals surface area contributed by atoms with Crippen molar-refractivity contribution in [3.63, 3.8) is 0 Å². The molecule has 10 heteroatoms. The molecule has 4 rings (SSSR count). The topological polar surface area (TPSA) is 123 Å². The highest BCUT2D eigenvalue weighted by Crippen LogP contribution is 2.19. The number of amides is 2. The van der Waals surface area contributed by atoms with Gasteiger partial charge >= 0.3 is 0 Å². The number of carbonyl (C=O) groups excluding carboxylic acids is 2. The highest BCUT2D eigenvalue weighted by Gasteiger charge is 2.21. The summed E-state index contributed by atoms with van der Waals surface area (Å²) < 4.78 is 1.40. The van der Waals surface area contributed by atoms with Gasteiger partial charge in [-0.25, -0.2) is 4.68 Å². The van der Waals surface area contributed by atoms with Crippen molar-refractivity contribution >= 4 is 17.5 Å². The van der Waals surface area contributed by atoms with Gasteiger partial charge in [0, 0.05) is 38.2 Å². The Hall–Kier alpha value is -4.08. The Morgan fingerprint density at radius 2 is 1.97 bits per heavy atom. The Balaban J connectivity index is 1.43. The van der Waals surface area contributed by atoms with Crippen LogP contribution in [0.1, 0.15) is 40.2 Å². The molecule has 2 heterocycles. The minimum absolute atomic E-state index is 0.0705. The summed E-state index contributed by atoms with van der Waals surface area (Å²) in [6, 6.07) is 13.7. The van der Waals surface area contributed by atoms with Crippen LogP contribution in [0, 0.1) is 17.0 Å². The van der Waals surface area contributed by atoms with Crippen molar-refractivity contribution in [3.8, 4) is 5.69 Å².